The highest BCUT2D eigenvalue weighted by Crippen LogP contribution is 2.26. The standard InChI is InChI=1S/C10H14BrNOS/c11-9-3-1-2-4-10(9)14-8-7-13-6-5-12/h1-4H,5-8,12H2. The first-order chi connectivity index (χ1) is 6.84. The molecular weight excluding hydrogens is 262 g/mol. The molecule has 14 heavy (non-hydrogen) atoms. The maximum absolute atomic E-state index is 5.31. The van der Waals surface area contributed by atoms with Gasteiger partial charge in [0, 0.05) is 21.7 Å². The molecule has 0 fully saturated rings. The Balaban J connectivity index is 2.21. The van der Waals surface area contributed by atoms with Gasteiger partial charge < -0.3 is 10.5 Å². The van der Waals surface area contributed by atoms with E-state index in [1.165, 1.54) is 4.90 Å². The molecule has 0 aliphatic heterocycles. The molecule has 1 aromatic carbocycles. The summed E-state index contributed by atoms with van der Waals surface area (Å²) in [6.45, 7) is 2.00. The summed E-state index contributed by atoms with van der Waals surface area (Å²) in [5.74, 6) is 0.961. The molecule has 2 nitrogen and oxygen atoms in total. The normalized spacial score (nSPS) is 10.4. The highest BCUT2D eigenvalue weighted by molar-refractivity contribution is 9.10. The Morgan fingerprint density at radius 3 is 2.79 bits per heavy atom. The SMILES string of the molecule is NCCOCCSc1ccccc1Br. The predicted octanol–water partition coefficient (Wildman–Crippen LogP) is 2.52. The molecule has 0 radical (unpaired) electrons. The van der Waals surface area contributed by atoms with Crippen LogP contribution < -0.4 is 5.73 Å². The summed E-state index contributed by atoms with van der Waals surface area (Å²) in [6.07, 6.45) is 0. The highest BCUT2D eigenvalue weighted by atomic mass is 79.9. The first-order valence-corrected chi connectivity index (χ1v) is 6.27. The maximum atomic E-state index is 5.31. The molecule has 4 heteroatoms. The Kier molecular flexibility index (Phi) is 6.27. The highest BCUT2D eigenvalue weighted by Gasteiger charge is 1.98. The number of rotatable bonds is 6. The van der Waals surface area contributed by atoms with E-state index >= 15 is 0 Å². The minimum Gasteiger partial charge on any atom is -0.379 e. The van der Waals surface area contributed by atoms with Crippen molar-refractivity contribution >= 4 is 27.7 Å². The van der Waals surface area contributed by atoms with Crippen LogP contribution in [0.15, 0.2) is 33.6 Å². The molecule has 1 rings (SSSR count). The summed E-state index contributed by atoms with van der Waals surface area (Å²) in [4.78, 5) is 1.25. The fourth-order valence-electron chi connectivity index (χ4n) is 0.958. The fourth-order valence-corrected chi connectivity index (χ4v) is 2.39. The third kappa shape index (κ3) is 4.46. The van der Waals surface area contributed by atoms with Gasteiger partial charge in [-0.1, -0.05) is 12.1 Å². The molecule has 0 heterocycles. The Bertz CT molecular complexity index is 270. The lowest BCUT2D eigenvalue weighted by molar-refractivity contribution is 0.158. The third-order valence-electron chi connectivity index (χ3n) is 1.58. The number of halogens is 1. The second-order valence-electron chi connectivity index (χ2n) is 2.68. The number of nitrogens with two attached hydrogens (primary N) is 1. The zero-order valence-electron chi connectivity index (χ0n) is 7.91. The monoisotopic (exact) mass is 275 g/mol. The maximum Gasteiger partial charge on any atom is 0.0589 e. The Morgan fingerprint density at radius 1 is 1.29 bits per heavy atom. The molecular formula is C10H14BrNOS. The van der Waals surface area contributed by atoms with E-state index < -0.39 is 0 Å². The van der Waals surface area contributed by atoms with Crippen LogP contribution in [0.25, 0.3) is 0 Å². The third-order valence-corrected chi connectivity index (χ3v) is 3.58. The first-order valence-electron chi connectivity index (χ1n) is 4.49. The van der Waals surface area contributed by atoms with Crippen molar-refractivity contribution in [3.05, 3.63) is 28.7 Å². The first kappa shape index (κ1) is 12.0. The average molecular weight is 276 g/mol. The zero-order chi connectivity index (χ0) is 10.2. The molecule has 0 aliphatic carbocycles. The molecule has 2 N–H and O–H groups in total. The molecule has 78 valence electrons. The number of hydrogen-bond acceptors (Lipinski definition) is 3. The van der Waals surface area contributed by atoms with Crippen molar-refractivity contribution in [2.45, 2.75) is 4.90 Å². The summed E-state index contributed by atoms with van der Waals surface area (Å²) in [5.41, 5.74) is 5.31. The van der Waals surface area contributed by atoms with Crippen molar-refractivity contribution in [1.82, 2.24) is 0 Å². The van der Waals surface area contributed by atoms with E-state index in [4.69, 9.17) is 10.5 Å². The molecule has 0 aliphatic rings. The van der Waals surface area contributed by atoms with Gasteiger partial charge in [-0.05, 0) is 28.1 Å². The summed E-state index contributed by atoms with van der Waals surface area (Å²) >= 11 is 5.28. The van der Waals surface area contributed by atoms with Crippen LogP contribution in [0.1, 0.15) is 0 Å². The molecule has 0 saturated heterocycles. The van der Waals surface area contributed by atoms with Gasteiger partial charge in [0.25, 0.3) is 0 Å². The number of ether oxygens (including phenoxy) is 1. The van der Waals surface area contributed by atoms with E-state index in [0.29, 0.717) is 13.2 Å². The van der Waals surface area contributed by atoms with E-state index in [2.05, 4.69) is 22.0 Å². The van der Waals surface area contributed by atoms with E-state index in [1.54, 1.807) is 11.8 Å². The lowest BCUT2D eigenvalue weighted by Gasteiger charge is -2.04. The zero-order valence-corrected chi connectivity index (χ0v) is 10.3. The molecule has 0 spiro atoms. The number of benzene rings is 1. The molecule has 0 saturated carbocycles. The molecule has 0 aromatic heterocycles. The van der Waals surface area contributed by atoms with E-state index in [0.717, 1.165) is 16.8 Å². The van der Waals surface area contributed by atoms with Crippen molar-refractivity contribution in [2.24, 2.45) is 5.73 Å². The van der Waals surface area contributed by atoms with Crippen LogP contribution in [-0.4, -0.2) is 25.5 Å². The van der Waals surface area contributed by atoms with Crippen LogP contribution in [-0.2, 0) is 4.74 Å². The molecule has 1 aromatic rings. The summed E-state index contributed by atoms with van der Waals surface area (Å²) in [6, 6.07) is 8.19. The lowest BCUT2D eigenvalue weighted by Crippen LogP contribution is -2.09. The second-order valence-corrected chi connectivity index (χ2v) is 4.67. The predicted molar refractivity (Wildman–Crippen MR) is 64.7 cm³/mol. The van der Waals surface area contributed by atoms with Gasteiger partial charge in [0.05, 0.1) is 13.2 Å². The fraction of sp³-hybridized carbons (Fsp3) is 0.400. The lowest BCUT2D eigenvalue weighted by atomic mass is 10.4. The number of hydrogen-bond donors (Lipinski definition) is 1. The summed E-state index contributed by atoms with van der Waals surface area (Å²) in [5, 5.41) is 0. The molecule has 0 unspecified atom stereocenters. The van der Waals surface area contributed by atoms with Crippen molar-refractivity contribution in [2.75, 3.05) is 25.5 Å². The van der Waals surface area contributed by atoms with E-state index in [1.807, 2.05) is 18.2 Å². The summed E-state index contributed by atoms with van der Waals surface area (Å²) in [7, 11) is 0. The summed E-state index contributed by atoms with van der Waals surface area (Å²) < 4.78 is 6.43. The van der Waals surface area contributed by atoms with Gasteiger partial charge in [0.15, 0.2) is 0 Å². The van der Waals surface area contributed by atoms with E-state index in [-0.39, 0.29) is 0 Å². The van der Waals surface area contributed by atoms with Crippen LogP contribution in [0.4, 0.5) is 0 Å². The second kappa shape index (κ2) is 7.29. The van der Waals surface area contributed by atoms with Gasteiger partial charge in [-0.2, -0.15) is 0 Å². The number of thioether (sulfide) groups is 1. The van der Waals surface area contributed by atoms with Crippen LogP contribution in [0, 0.1) is 0 Å². The van der Waals surface area contributed by atoms with Crippen LogP contribution >= 0.6 is 27.7 Å². The largest absolute Gasteiger partial charge is 0.379 e. The quantitative estimate of drug-likeness (QED) is 0.640. The minimum atomic E-state index is 0.597. The van der Waals surface area contributed by atoms with Crippen molar-refractivity contribution < 1.29 is 4.74 Å². The average Bonchev–Trinajstić information content (AvgIpc) is 2.20. The molecule has 0 atom stereocenters. The van der Waals surface area contributed by atoms with Gasteiger partial charge in [0.1, 0.15) is 0 Å². The molecule has 0 bridgehead atoms. The van der Waals surface area contributed by atoms with Crippen molar-refractivity contribution in [3.63, 3.8) is 0 Å². The van der Waals surface area contributed by atoms with Gasteiger partial charge in [-0.3, -0.25) is 0 Å². The Labute approximate surface area is 97.3 Å². The topological polar surface area (TPSA) is 35.2 Å². The van der Waals surface area contributed by atoms with Crippen LogP contribution in [0.3, 0.4) is 0 Å². The van der Waals surface area contributed by atoms with E-state index in [9.17, 15) is 0 Å². The van der Waals surface area contributed by atoms with Crippen molar-refractivity contribution in [3.8, 4) is 0 Å². The minimum absolute atomic E-state index is 0.597. The Morgan fingerprint density at radius 2 is 2.07 bits per heavy atom. The smallest absolute Gasteiger partial charge is 0.0589 e. The van der Waals surface area contributed by atoms with Crippen LogP contribution in [0.5, 0.6) is 0 Å². The van der Waals surface area contributed by atoms with Gasteiger partial charge in [0.2, 0.25) is 0 Å². The van der Waals surface area contributed by atoms with Gasteiger partial charge in [-0.15, -0.1) is 11.8 Å². The molecule has 0 amide bonds. The van der Waals surface area contributed by atoms with Gasteiger partial charge >= 0.3 is 0 Å². The Hall–Kier alpha value is -0.0300. The van der Waals surface area contributed by atoms with Crippen LogP contribution in [0.2, 0.25) is 0 Å². The van der Waals surface area contributed by atoms with Gasteiger partial charge in [-0.25, -0.2) is 0 Å². The van der Waals surface area contributed by atoms with Crippen molar-refractivity contribution in [1.29, 1.82) is 0 Å².